The molecule has 0 heterocycles. The summed E-state index contributed by atoms with van der Waals surface area (Å²) in [6.45, 7) is 28.2. The molecule has 0 aliphatic rings. The smallest absolute Gasteiger partial charge is 0.334 e. The Balaban J connectivity index is 5.21. The molecule has 0 saturated heterocycles. The number of hydrogen-bond acceptors (Lipinski definition) is 4. The average Bonchev–Trinajstić information content (AvgIpc) is 2.32. The molecule has 0 radical (unpaired) electrons. The molecule has 0 spiro atoms. The minimum absolute atomic E-state index is 0.0353. The van der Waals surface area contributed by atoms with Crippen molar-refractivity contribution in [1.82, 2.24) is 0 Å². The van der Waals surface area contributed by atoms with Gasteiger partial charge < -0.3 is 13.6 Å². The van der Waals surface area contributed by atoms with Crippen LogP contribution < -0.4 is 0 Å². The van der Waals surface area contributed by atoms with Gasteiger partial charge in [0.15, 0.2) is 16.6 Å². The summed E-state index contributed by atoms with van der Waals surface area (Å²) >= 11 is 0. The van der Waals surface area contributed by atoms with Crippen LogP contribution in [0.4, 0.5) is 0 Å². The van der Waals surface area contributed by atoms with E-state index in [0.717, 1.165) is 0 Å². The number of hydrogen-bond donors (Lipinski definition) is 0. The largest absolute Gasteiger partial charge is 0.458 e. The fraction of sp³-hybridized carbons (Fsp3) is 0.950. The van der Waals surface area contributed by atoms with Crippen LogP contribution in [0.2, 0.25) is 36.3 Å². The lowest BCUT2D eigenvalue weighted by atomic mass is 10.2. The lowest BCUT2D eigenvalue weighted by Gasteiger charge is -2.40. The van der Waals surface area contributed by atoms with Gasteiger partial charge in [-0.2, -0.15) is 0 Å². The van der Waals surface area contributed by atoms with Crippen molar-refractivity contribution in [1.29, 1.82) is 0 Å². The molecule has 0 aromatic rings. The van der Waals surface area contributed by atoms with Gasteiger partial charge in [0.05, 0.1) is 0 Å². The van der Waals surface area contributed by atoms with E-state index in [9.17, 15) is 4.79 Å². The van der Waals surface area contributed by atoms with Crippen molar-refractivity contribution in [2.24, 2.45) is 0 Å². The topological polar surface area (TPSA) is 44.8 Å². The molecule has 0 aliphatic carbocycles. The van der Waals surface area contributed by atoms with E-state index in [-0.39, 0.29) is 16.0 Å². The van der Waals surface area contributed by atoms with E-state index < -0.39 is 28.3 Å². The Labute approximate surface area is 164 Å². The molecule has 0 rings (SSSR count). The Hall–Kier alpha value is -0.176. The van der Waals surface area contributed by atoms with E-state index in [2.05, 4.69) is 67.7 Å². The van der Waals surface area contributed by atoms with Crippen molar-refractivity contribution < 1.29 is 18.4 Å². The number of rotatable bonds is 7. The number of esters is 1. The van der Waals surface area contributed by atoms with Gasteiger partial charge in [0.25, 0.3) is 0 Å². The average molecular weight is 405 g/mol. The summed E-state index contributed by atoms with van der Waals surface area (Å²) in [6, 6.07) is 0. The summed E-state index contributed by atoms with van der Waals surface area (Å²) in [6.07, 6.45) is -0.0339. The van der Waals surface area contributed by atoms with E-state index >= 15 is 0 Å². The standard InChI is InChI=1S/C20H44O4Si2/c1-18(2,3)23-17(21)16(24-26(12,13)20(7,8)9)14-15-22-25(10,11)19(4,5)6/h16H,14-15H2,1-13H3/t16-/m0/s1. The molecule has 0 saturated carbocycles. The van der Waals surface area contributed by atoms with Crippen molar-refractivity contribution in [3.8, 4) is 0 Å². The molecule has 0 amide bonds. The number of carbonyl (C=O) groups is 1. The Bertz CT molecular complexity index is 466. The number of carbonyl (C=O) groups excluding carboxylic acids is 1. The predicted octanol–water partition coefficient (Wildman–Crippen LogP) is 6.13. The maximum absolute atomic E-state index is 12.7. The van der Waals surface area contributed by atoms with Crippen molar-refractivity contribution in [3.63, 3.8) is 0 Å². The molecule has 0 N–H and O–H groups in total. The van der Waals surface area contributed by atoms with E-state index in [4.69, 9.17) is 13.6 Å². The highest BCUT2D eigenvalue weighted by Gasteiger charge is 2.42. The molecule has 26 heavy (non-hydrogen) atoms. The molecule has 1 atom stereocenters. The zero-order chi connectivity index (χ0) is 21.2. The Morgan fingerprint density at radius 2 is 1.23 bits per heavy atom. The summed E-state index contributed by atoms with van der Waals surface area (Å²) in [7, 11) is -3.93. The van der Waals surface area contributed by atoms with Gasteiger partial charge in [-0.1, -0.05) is 41.5 Å². The van der Waals surface area contributed by atoms with Crippen LogP contribution in [0.25, 0.3) is 0 Å². The van der Waals surface area contributed by atoms with Gasteiger partial charge in [-0.15, -0.1) is 0 Å². The molecule has 6 heteroatoms. The Morgan fingerprint density at radius 3 is 1.58 bits per heavy atom. The van der Waals surface area contributed by atoms with Gasteiger partial charge in [0, 0.05) is 13.0 Å². The van der Waals surface area contributed by atoms with Crippen LogP contribution in [-0.4, -0.2) is 40.9 Å². The second kappa shape index (κ2) is 8.45. The van der Waals surface area contributed by atoms with Gasteiger partial charge in [-0.3, -0.25) is 0 Å². The van der Waals surface area contributed by atoms with Crippen LogP contribution in [0.5, 0.6) is 0 Å². The minimum Gasteiger partial charge on any atom is -0.458 e. The Kier molecular flexibility index (Phi) is 8.40. The van der Waals surface area contributed by atoms with Crippen LogP contribution in [0, 0.1) is 0 Å². The second-order valence-corrected chi connectivity index (χ2v) is 20.9. The van der Waals surface area contributed by atoms with Crippen LogP contribution in [0.15, 0.2) is 0 Å². The fourth-order valence-corrected chi connectivity index (χ4v) is 4.10. The first-order valence-corrected chi connectivity index (χ1v) is 15.6. The third-order valence-electron chi connectivity index (χ3n) is 5.56. The molecule has 0 unspecified atom stereocenters. The molecule has 0 aromatic carbocycles. The Morgan fingerprint density at radius 1 is 0.808 bits per heavy atom. The summed E-state index contributed by atoms with van der Waals surface area (Å²) in [5, 5.41) is 0.183. The second-order valence-electron chi connectivity index (χ2n) is 11.3. The van der Waals surface area contributed by atoms with E-state index in [1.165, 1.54) is 0 Å². The number of ether oxygens (including phenoxy) is 1. The molecule has 0 bridgehead atoms. The van der Waals surface area contributed by atoms with Crippen molar-refractivity contribution in [3.05, 3.63) is 0 Å². The zero-order valence-electron chi connectivity index (χ0n) is 19.6. The van der Waals surface area contributed by atoms with Crippen LogP contribution >= 0.6 is 0 Å². The SMILES string of the molecule is CC(C)(C)OC(=O)[C@H](CCO[Si](C)(C)C(C)(C)C)O[Si](C)(C)C(C)(C)C. The van der Waals surface area contributed by atoms with Gasteiger partial charge >= 0.3 is 5.97 Å². The van der Waals surface area contributed by atoms with E-state index in [0.29, 0.717) is 13.0 Å². The van der Waals surface area contributed by atoms with Crippen molar-refractivity contribution in [2.45, 2.75) is 117 Å². The summed E-state index contributed by atoms with van der Waals surface area (Å²) in [5.41, 5.74) is -0.521. The lowest BCUT2D eigenvalue weighted by molar-refractivity contribution is -0.164. The zero-order valence-corrected chi connectivity index (χ0v) is 21.6. The maximum Gasteiger partial charge on any atom is 0.334 e. The molecular weight excluding hydrogens is 360 g/mol. The van der Waals surface area contributed by atoms with Crippen molar-refractivity contribution >= 4 is 22.6 Å². The van der Waals surface area contributed by atoms with Crippen LogP contribution in [-0.2, 0) is 18.4 Å². The highest BCUT2D eigenvalue weighted by Crippen LogP contribution is 2.39. The van der Waals surface area contributed by atoms with Crippen LogP contribution in [0.1, 0.15) is 68.7 Å². The summed E-state index contributed by atoms with van der Waals surface area (Å²) < 4.78 is 18.3. The fourth-order valence-electron chi connectivity index (χ4n) is 1.76. The normalized spacial score (nSPS) is 15.7. The van der Waals surface area contributed by atoms with E-state index in [1.807, 2.05) is 20.8 Å². The van der Waals surface area contributed by atoms with E-state index in [1.54, 1.807) is 0 Å². The highest BCUT2D eigenvalue weighted by atomic mass is 28.4. The van der Waals surface area contributed by atoms with Crippen molar-refractivity contribution in [2.75, 3.05) is 6.61 Å². The molecule has 0 aromatic heterocycles. The first-order valence-electron chi connectivity index (χ1n) is 9.74. The lowest BCUT2D eigenvalue weighted by Crippen LogP contribution is -2.48. The third kappa shape index (κ3) is 8.23. The maximum atomic E-state index is 12.7. The first kappa shape index (κ1) is 25.8. The van der Waals surface area contributed by atoms with Crippen LogP contribution in [0.3, 0.4) is 0 Å². The molecule has 156 valence electrons. The van der Waals surface area contributed by atoms with Gasteiger partial charge in [0.1, 0.15) is 11.7 Å². The summed E-state index contributed by atoms with van der Waals surface area (Å²) in [4.78, 5) is 12.7. The van der Waals surface area contributed by atoms with Gasteiger partial charge in [0.2, 0.25) is 0 Å². The molecule has 4 nitrogen and oxygen atoms in total. The first-order chi connectivity index (χ1) is 11.2. The molecule has 0 fully saturated rings. The minimum atomic E-state index is -2.08. The molecular formula is C20H44O4Si2. The third-order valence-corrected chi connectivity index (χ3v) is 14.6. The quantitative estimate of drug-likeness (QED) is 0.378. The van der Waals surface area contributed by atoms with Gasteiger partial charge in [-0.05, 0) is 57.0 Å². The monoisotopic (exact) mass is 404 g/mol. The summed E-state index contributed by atoms with van der Waals surface area (Å²) in [5.74, 6) is -0.277. The van der Waals surface area contributed by atoms with Gasteiger partial charge in [-0.25, -0.2) is 4.79 Å². The predicted molar refractivity (Wildman–Crippen MR) is 116 cm³/mol. The molecule has 0 aliphatic heterocycles. The highest BCUT2D eigenvalue weighted by molar-refractivity contribution is 6.74.